The molecule has 0 amide bonds. The maximum absolute atomic E-state index is 6.87. The Kier molecular flexibility index (Phi) is 19.6. The van der Waals surface area contributed by atoms with E-state index in [1.165, 1.54) is 116 Å². The summed E-state index contributed by atoms with van der Waals surface area (Å²) in [6.45, 7) is 11.7. The molecule has 0 aromatic heterocycles. The van der Waals surface area contributed by atoms with E-state index in [1.807, 2.05) is 0 Å². The van der Waals surface area contributed by atoms with Gasteiger partial charge in [-0.1, -0.05) is 130 Å². The molecule has 320 valence electrons. The average molecular weight is 763 g/mol. The van der Waals surface area contributed by atoms with Crippen LogP contribution < -0.4 is 0 Å². The molecule has 0 bridgehead atoms. The molecule has 1 nitrogen and oxygen atoms in total. The molecule has 0 saturated heterocycles. The molecule has 6 saturated carbocycles. The topological polar surface area (TPSA) is 9.23 Å². The van der Waals surface area contributed by atoms with Crippen molar-refractivity contribution in [2.45, 2.75) is 246 Å². The molecule has 0 N–H and O–H groups in total. The summed E-state index contributed by atoms with van der Waals surface area (Å²) in [5.74, 6) is 14.3. The van der Waals surface area contributed by atoms with E-state index in [1.54, 1.807) is 103 Å². The monoisotopic (exact) mass is 763 g/mol. The molecule has 2 atom stereocenters. The van der Waals surface area contributed by atoms with Gasteiger partial charge in [0.25, 0.3) is 0 Å². The van der Waals surface area contributed by atoms with E-state index in [9.17, 15) is 0 Å². The van der Waals surface area contributed by atoms with E-state index in [-0.39, 0.29) is 0 Å². The van der Waals surface area contributed by atoms with Gasteiger partial charge < -0.3 is 4.74 Å². The van der Waals surface area contributed by atoms with E-state index in [0.717, 1.165) is 96.1 Å². The van der Waals surface area contributed by atoms with Gasteiger partial charge in [0.05, 0.1) is 0 Å². The molecule has 6 aliphatic rings. The second kappa shape index (κ2) is 24.3. The Balaban J connectivity index is 0.987. The standard InChI is InChI=1S/C54H98O/c1-5-9-41-13-21-45(22-14-41)47-29-33-51(34-30-47)53(49-25-17-43(11-7-3)18-26-49)37-39-55-40-38-54(50-27-19-44(12-8-4)20-28-50)52-35-31-48(32-36-52)46-23-15-42(10-6-2)16-24-46/h41-54H,5-40H2,1-4H3/t41-,42-,43-,44-,45-,46-,47-,48-,49-,50-,51-,52-,53?,54?. The summed E-state index contributed by atoms with van der Waals surface area (Å²) < 4.78 is 6.87. The van der Waals surface area contributed by atoms with Gasteiger partial charge in [-0.25, -0.2) is 0 Å². The lowest BCUT2D eigenvalue weighted by Gasteiger charge is -2.43. The van der Waals surface area contributed by atoms with Crippen LogP contribution in [-0.2, 0) is 4.74 Å². The third-order valence-electron chi connectivity index (χ3n) is 18.9. The van der Waals surface area contributed by atoms with Crippen molar-refractivity contribution in [2.75, 3.05) is 13.2 Å². The van der Waals surface area contributed by atoms with Crippen molar-refractivity contribution in [1.82, 2.24) is 0 Å². The van der Waals surface area contributed by atoms with Crippen LogP contribution in [0.5, 0.6) is 0 Å². The van der Waals surface area contributed by atoms with E-state index in [4.69, 9.17) is 4.74 Å². The summed E-state index contributed by atoms with van der Waals surface area (Å²) >= 11 is 0. The highest BCUT2D eigenvalue weighted by atomic mass is 16.5. The zero-order valence-corrected chi connectivity index (χ0v) is 37.9. The maximum Gasteiger partial charge on any atom is 0.0468 e. The first kappa shape index (κ1) is 44.5. The molecule has 0 heterocycles. The summed E-state index contributed by atoms with van der Waals surface area (Å²) in [6.07, 6.45) is 51.3. The molecule has 55 heavy (non-hydrogen) atoms. The van der Waals surface area contributed by atoms with E-state index in [2.05, 4.69) is 27.7 Å². The molecule has 0 aromatic rings. The fourth-order valence-corrected chi connectivity index (χ4v) is 15.7. The predicted octanol–water partition coefficient (Wildman–Crippen LogP) is 17.1. The third kappa shape index (κ3) is 13.5. The average Bonchev–Trinajstić information content (AvgIpc) is 3.23. The summed E-state index contributed by atoms with van der Waals surface area (Å²) in [6, 6.07) is 0. The van der Waals surface area contributed by atoms with Gasteiger partial charge in [0.1, 0.15) is 0 Å². The van der Waals surface area contributed by atoms with Crippen molar-refractivity contribution in [2.24, 2.45) is 82.9 Å². The van der Waals surface area contributed by atoms with Crippen LogP contribution in [0.4, 0.5) is 0 Å². The molecule has 6 aliphatic carbocycles. The van der Waals surface area contributed by atoms with Crippen molar-refractivity contribution >= 4 is 0 Å². The molecule has 6 rings (SSSR count). The summed E-state index contributed by atoms with van der Waals surface area (Å²) in [4.78, 5) is 0. The lowest BCUT2D eigenvalue weighted by atomic mass is 9.63. The van der Waals surface area contributed by atoms with Gasteiger partial charge in [0.2, 0.25) is 0 Å². The van der Waals surface area contributed by atoms with Gasteiger partial charge in [0, 0.05) is 13.2 Å². The second-order valence-electron chi connectivity index (χ2n) is 22.1. The van der Waals surface area contributed by atoms with Gasteiger partial charge >= 0.3 is 0 Å². The van der Waals surface area contributed by atoms with Crippen molar-refractivity contribution in [1.29, 1.82) is 0 Å². The molecule has 0 aliphatic heterocycles. The molecule has 2 unspecified atom stereocenters. The number of rotatable bonds is 20. The summed E-state index contributed by atoms with van der Waals surface area (Å²) in [5.41, 5.74) is 0. The first-order valence-corrected chi connectivity index (χ1v) is 26.7. The van der Waals surface area contributed by atoms with Crippen LogP contribution in [0.2, 0.25) is 0 Å². The highest BCUT2D eigenvalue weighted by Gasteiger charge is 2.39. The number of hydrogen-bond acceptors (Lipinski definition) is 1. The van der Waals surface area contributed by atoms with Crippen molar-refractivity contribution in [3.8, 4) is 0 Å². The Morgan fingerprint density at radius 3 is 0.782 bits per heavy atom. The van der Waals surface area contributed by atoms with Crippen LogP contribution in [-0.4, -0.2) is 13.2 Å². The first-order valence-electron chi connectivity index (χ1n) is 26.7. The minimum absolute atomic E-state index is 0.945. The van der Waals surface area contributed by atoms with Crippen molar-refractivity contribution in [3.63, 3.8) is 0 Å². The lowest BCUT2D eigenvalue weighted by Crippen LogP contribution is -2.34. The Bertz CT molecular complexity index is 877. The predicted molar refractivity (Wildman–Crippen MR) is 239 cm³/mol. The lowest BCUT2D eigenvalue weighted by molar-refractivity contribution is 0.0304. The highest BCUT2D eigenvalue weighted by molar-refractivity contribution is 4.90. The summed E-state index contributed by atoms with van der Waals surface area (Å²) in [7, 11) is 0. The van der Waals surface area contributed by atoms with Crippen LogP contribution in [0, 0.1) is 82.9 Å². The first-order chi connectivity index (χ1) is 27.1. The Morgan fingerprint density at radius 1 is 0.309 bits per heavy atom. The summed E-state index contributed by atoms with van der Waals surface area (Å²) in [5, 5.41) is 0. The SMILES string of the molecule is CCC[C@H]1CC[C@H](C(CCOCCC([C@H]2CC[C@H](CCC)CC2)[C@H]2CC[C@H]([C@H]3CC[C@H](CCC)CC3)CC2)[C@H]2CC[C@H]([C@H]3CC[C@H](CCC)CC3)CC2)CC1. The van der Waals surface area contributed by atoms with Crippen molar-refractivity contribution in [3.05, 3.63) is 0 Å². The van der Waals surface area contributed by atoms with Gasteiger partial charge in [-0.2, -0.15) is 0 Å². The molecule has 0 aromatic carbocycles. The highest BCUT2D eigenvalue weighted by Crippen LogP contribution is 2.50. The van der Waals surface area contributed by atoms with E-state index < -0.39 is 0 Å². The quantitative estimate of drug-likeness (QED) is 0.112. The van der Waals surface area contributed by atoms with Gasteiger partial charge in [-0.15, -0.1) is 0 Å². The smallest absolute Gasteiger partial charge is 0.0468 e. The Morgan fingerprint density at radius 2 is 0.527 bits per heavy atom. The Hall–Kier alpha value is -0.0400. The van der Waals surface area contributed by atoms with Crippen LogP contribution in [0.3, 0.4) is 0 Å². The zero-order valence-electron chi connectivity index (χ0n) is 37.9. The van der Waals surface area contributed by atoms with Crippen LogP contribution in [0.15, 0.2) is 0 Å². The van der Waals surface area contributed by atoms with Gasteiger partial charge in [-0.05, 0) is 198 Å². The molecule has 0 radical (unpaired) electrons. The van der Waals surface area contributed by atoms with Gasteiger partial charge in [-0.3, -0.25) is 0 Å². The van der Waals surface area contributed by atoms with Crippen LogP contribution >= 0.6 is 0 Å². The minimum atomic E-state index is 0.945. The molecule has 6 fully saturated rings. The second-order valence-corrected chi connectivity index (χ2v) is 22.1. The molecule has 0 spiro atoms. The van der Waals surface area contributed by atoms with Gasteiger partial charge in [0.15, 0.2) is 0 Å². The number of hydrogen-bond donors (Lipinski definition) is 0. The minimum Gasteiger partial charge on any atom is -0.381 e. The molecular weight excluding hydrogens is 665 g/mol. The normalized spacial score (nSPS) is 39.1. The third-order valence-corrected chi connectivity index (χ3v) is 18.9. The van der Waals surface area contributed by atoms with E-state index in [0.29, 0.717) is 0 Å². The van der Waals surface area contributed by atoms with Crippen LogP contribution in [0.1, 0.15) is 246 Å². The van der Waals surface area contributed by atoms with Crippen LogP contribution in [0.25, 0.3) is 0 Å². The fourth-order valence-electron chi connectivity index (χ4n) is 15.7. The Labute approximate surface area is 345 Å². The molecular formula is C54H98O. The molecule has 1 heteroatoms. The zero-order chi connectivity index (χ0) is 38.2. The maximum atomic E-state index is 6.87. The number of ether oxygens (including phenoxy) is 1. The largest absolute Gasteiger partial charge is 0.381 e. The fraction of sp³-hybridized carbons (Fsp3) is 1.00. The van der Waals surface area contributed by atoms with E-state index >= 15 is 0 Å². The van der Waals surface area contributed by atoms with Crippen molar-refractivity contribution < 1.29 is 4.74 Å².